The van der Waals surface area contributed by atoms with Crippen molar-refractivity contribution < 1.29 is 13.9 Å². The average molecular weight is 396 g/mol. The van der Waals surface area contributed by atoms with E-state index < -0.39 is 0 Å². The molecule has 21 heavy (non-hydrogen) atoms. The van der Waals surface area contributed by atoms with E-state index in [9.17, 15) is 0 Å². The van der Waals surface area contributed by atoms with Gasteiger partial charge in [-0.3, -0.25) is 4.68 Å². The van der Waals surface area contributed by atoms with Gasteiger partial charge in [0.1, 0.15) is 0 Å². The molecule has 0 spiro atoms. The zero-order valence-electron chi connectivity index (χ0n) is 10.9. The van der Waals surface area contributed by atoms with Gasteiger partial charge < -0.3 is 13.9 Å². The quantitative estimate of drug-likeness (QED) is 0.620. The Hall–Kier alpha value is -2.10. The molecule has 106 valence electrons. The number of nitrogens with zero attached hydrogens (tertiary/aromatic N) is 4. The lowest BCUT2D eigenvalue weighted by atomic mass is 10.2. The van der Waals surface area contributed by atoms with E-state index in [-0.39, 0.29) is 6.79 Å². The first-order chi connectivity index (χ1) is 10.2. The van der Waals surface area contributed by atoms with E-state index in [0.29, 0.717) is 23.2 Å². The van der Waals surface area contributed by atoms with Crippen molar-refractivity contribution in [1.82, 2.24) is 20.0 Å². The summed E-state index contributed by atoms with van der Waals surface area (Å²) in [6, 6.07) is 5.50. The maximum Gasteiger partial charge on any atom is 0.269 e. The molecule has 2 aromatic heterocycles. The average Bonchev–Trinajstić information content (AvgIpc) is 3.17. The minimum absolute atomic E-state index is 0.236. The molecule has 0 bridgehead atoms. The fraction of sp³-hybridized carbons (Fsp3) is 0.154. The number of aromatic nitrogens is 4. The van der Waals surface area contributed by atoms with E-state index in [1.807, 2.05) is 31.4 Å². The van der Waals surface area contributed by atoms with Gasteiger partial charge in [-0.15, -0.1) is 10.2 Å². The molecular formula is C13H9IN4O3. The van der Waals surface area contributed by atoms with Gasteiger partial charge in [0, 0.05) is 18.8 Å². The first-order valence-electron chi connectivity index (χ1n) is 6.14. The first-order valence-corrected chi connectivity index (χ1v) is 7.21. The van der Waals surface area contributed by atoms with Crippen molar-refractivity contribution in [3.63, 3.8) is 0 Å². The van der Waals surface area contributed by atoms with Crippen LogP contribution in [0.1, 0.15) is 0 Å². The second kappa shape index (κ2) is 4.72. The van der Waals surface area contributed by atoms with E-state index in [1.165, 1.54) is 0 Å². The number of fused-ring (bicyclic) bond motifs is 1. The number of halogens is 1. The lowest BCUT2D eigenvalue weighted by Gasteiger charge is -1.97. The summed E-state index contributed by atoms with van der Waals surface area (Å²) in [7, 11) is 1.85. The Morgan fingerprint density at radius 2 is 1.95 bits per heavy atom. The van der Waals surface area contributed by atoms with Gasteiger partial charge in [0.25, 0.3) is 5.89 Å². The van der Waals surface area contributed by atoms with Gasteiger partial charge in [-0.05, 0) is 40.8 Å². The maximum atomic E-state index is 5.71. The molecule has 0 saturated carbocycles. The topological polar surface area (TPSA) is 75.2 Å². The molecule has 0 saturated heterocycles. The van der Waals surface area contributed by atoms with E-state index in [0.717, 1.165) is 14.9 Å². The fourth-order valence-corrected chi connectivity index (χ4v) is 2.81. The zero-order valence-corrected chi connectivity index (χ0v) is 13.1. The molecule has 0 aliphatic carbocycles. The summed E-state index contributed by atoms with van der Waals surface area (Å²) >= 11 is 2.18. The Balaban J connectivity index is 1.73. The summed E-state index contributed by atoms with van der Waals surface area (Å²) in [5.74, 6) is 2.22. The number of aryl methyl sites for hydroxylation is 1. The molecule has 0 fully saturated rings. The van der Waals surface area contributed by atoms with Crippen LogP contribution < -0.4 is 9.47 Å². The summed E-state index contributed by atoms with van der Waals surface area (Å²) in [5, 5.41) is 12.4. The van der Waals surface area contributed by atoms with E-state index in [2.05, 4.69) is 37.9 Å². The van der Waals surface area contributed by atoms with Crippen LogP contribution in [0.15, 0.2) is 28.8 Å². The Bertz CT molecular complexity index is 827. The number of hydrogen-bond acceptors (Lipinski definition) is 6. The molecule has 1 aliphatic heterocycles. The predicted molar refractivity (Wildman–Crippen MR) is 80.8 cm³/mol. The predicted octanol–water partition coefficient (Wildman–Crippen LogP) is 2.47. The van der Waals surface area contributed by atoms with Gasteiger partial charge >= 0.3 is 0 Å². The lowest BCUT2D eigenvalue weighted by molar-refractivity contribution is 0.174. The molecule has 0 amide bonds. The molecule has 3 heterocycles. The number of ether oxygens (including phenoxy) is 2. The lowest BCUT2D eigenvalue weighted by Crippen LogP contribution is -1.92. The van der Waals surface area contributed by atoms with Crippen LogP contribution in [0.3, 0.4) is 0 Å². The van der Waals surface area contributed by atoms with Crippen LogP contribution in [0.2, 0.25) is 0 Å². The van der Waals surface area contributed by atoms with Crippen LogP contribution in [0, 0.1) is 3.57 Å². The Labute approximate surface area is 133 Å². The standard InChI is InChI=1S/C13H9IN4O3/c1-18-5-8(14)11(17-18)13-16-15-12(21-13)7-2-3-9-10(4-7)20-6-19-9/h2-5H,6H2,1H3. The van der Waals surface area contributed by atoms with Crippen molar-refractivity contribution in [3.8, 4) is 34.5 Å². The molecule has 3 aromatic rings. The van der Waals surface area contributed by atoms with Crippen molar-refractivity contribution in [2.75, 3.05) is 6.79 Å². The van der Waals surface area contributed by atoms with Crippen molar-refractivity contribution in [2.24, 2.45) is 7.05 Å². The van der Waals surface area contributed by atoms with Gasteiger partial charge in [0.2, 0.25) is 12.7 Å². The Morgan fingerprint density at radius 1 is 1.14 bits per heavy atom. The van der Waals surface area contributed by atoms with Gasteiger partial charge in [0.15, 0.2) is 17.2 Å². The minimum atomic E-state index is 0.236. The highest BCUT2D eigenvalue weighted by atomic mass is 127. The summed E-state index contributed by atoms with van der Waals surface area (Å²) in [6.07, 6.45) is 1.89. The monoisotopic (exact) mass is 396 g/mol. The number of hydrogen-bond donors (Lipinski definition) is 0. The highest BCUT2D eigenvalue weighted by Crippen LogP contribution is 2.36. The van der Waals surface area contributed by atoms with Crippen LogP contribution in [0.4, 0.5) is 0 Å². The summed E-state index contributed by atoms with van der Waals surface area (Å²) in [5.41, 5.74) is 1.46. The highest BCUT2D eigenvalue weighted by Gasteiger charge is 2.19. The SMILES string of the molecule is Cn1cc(I)c(-c2nnc(-c3ccc4c(c3)OCO4)o2)n1. The Kier molecular flexibility index (Phi) is 2.84. The largest absolute Gasteiger partial charge is 0.454 e. The second-order valence-electron chi connectivity index (χ2n) is 4.48. The Morgan fingerprint density at radius 3 is 2.76 bits per heavy atom. The third-order valence-corrected chi connectivity index (χ3v) is 3.82. The van der Waals surface area contributed by atoms with E-state index in [1.54, 1.807) is 4.68 Å². The second-order valence-corrected chi connectivity index (χ2v) is 5.64. The van der Waals surface area contributed by atoms with Crippen LogP contribution in [0.5, 0.6) is 11.5 Å². The maximum absolute atomic E-state index is 5.71. The normalized spacial score (nSPS) is 12.9. The number of rotatable bonds is 2. The molecule has 8 heteroatoms. The van der Waals surface area contributed by atoms with E-state index >= 15 is 0 Å². The first kappa shape index (κ1) is 12.6. The van der Waals surface area contributed by atoms with Gasteiger partial charge in [-0.2, -0.15) is 5.10 Å². The summed E-state index contributed by atoms with van der Waals surface area (Å²) in [6.45, 7) is 0.236. The summed E-state index contributed by atoms with van der Waals surface area (Å²) < 4.78 is 19.0. The molecule has 1 aromatic carbocycles. The van der Waals surface area contributed by atoms with Crippen LogP contribution in [-0.4, -0.2) is 26.8 Å². The molecule has 1 aliphatic rings. The minimum Gasteiger partial charge on any atom is -0.454 e. The smallest absolute Gasteiger partial charge is 0.269 e. The molecular weight excluding hydrogens is 387 g/mol. The van der Waals surface area contributed by atoms with Crippen molar-refractivity contribution >= 4 is 22.6 Å². The van der Waals surface area contributed by atoms with E-state index in [4.69, 9.17) is 13.9 Å². The molecule has 0 atom stereocenters. The van der Waals surface area contributed by atoms with Gasteiger partial charge in [-0.25, -0.2) is 0 Å². The van der Waals surface area contributed by atoms with Gasteiger partial charge in [0.05, 0.1) is 3.57 Å². The molecule has 0 radical (unpaired) electrons. The van der Waals surface area contributed by atoms with Crippen LogP contribution in [-0.2, 0) is 7.05 Å². The number of benzene rings is 1. The van der Waals surface area contributed by atoms with Crippen molar-refractivity contribution in [1.29, 1.82) is 0 Å². The molecule has 0 unspecified atom stereocenters. The van der Waals surface area contributed by atoms with Gasteiger partial charge in [-0.1, -0.05) is 0 Å². The third kappa shape index (κ3) is 2.15. The third-order valence-electron chi connectivity index (χ3n) is 3.03. The fourth-order valence-electron chi connectivity index (χ4n) is 2.07. The van der Waals surface area contributed by atoms with Crippen LogP contribution >= 0.6 is 22.6 Å². The van der Waals surface area contributed by atoms with Crippen molar-refractivity contribution in [2.45, 2.75) is 0 Å². The highest BCUT2D eigenvalue weighted by molar-refractivity contribution is 14.1. The molecule has 4 rings (SSSR count). The zero-order chi connectivity index (χ0) is 14.4. The van der Waals surface area contributed by atoms with Crippen molar-refractivity contribution in [3.05, 3.63) is 28.0 Å². The van der Waals surface area contributed by atoms with Crippen LogP contribution in [0.25, 0.3) is 23.0 Å². The molecule has 0 N–H and O–H groups in total. The molecule has 7 nitrogen and oxygen atoms in total. The summed E-state index contributed by atoms with van der Waals surface area (Å²) in [4.78, 5) is 0.